The van der Waals surface area contributed by atoms with E-state index in [0.29, 0.717) is 5.56 Å². The number of hydrogen-bond acceptors (Lipinski definition) is 5. The van der Waals surface area contributed by atoms with E-state index in [0.717, 1.165) is 31.4 Å². The van der Waals surface area contributed by atoms with E-state index < -0.39 is 45.8 Å². The summed E-state index contributed by atoms with van der Waals surface area (Å²) in [5, 5.41) is 13.9. The second-order valence-electron chi connectivity index (χ2n) is 9.36. The minimum atomic E-state index is -5.22. The number of aliphatic hydroxyl groups is 1. The van der Waals surface area contributed by atoms with Crippen molar-refractivity contribution in [2.24, 2.45) is 0 Å². The van der Waals surface area contributed by atoms with Crippen LogP contribution in [-0.4, -0.2) is 48.4 Å². The van der Waals surface area contributed by atoms with Gasteiger partial charge in [0.15, 0.2) is 10.8 Å². The molecule has 3 unspecified atom stereocenters. The van der Waals surface area contributed by atoms with Gasteiger partial charge in [0.2, 0.25) is 5.60 Å². The highest BCUT2D eigenvalue weighted by Gasteiger charge is 2.59. The predicted octanol–water partition coefficient (Wildman–Crippen LogP) is 6.79. The molecule has 0 aromatic heterocycles. The van der Waals surface area contributed by atoms with Crippen LogP contribution in [0.15, 0.2) is 95.6 Å². The van der Waals surface area contributed by atoms with Gasteiger partial charge in [0.25, 0.3) is 11.8 Å². The van der Waals surface area contributed by atoms with Gasteiger partial charge < -0.3 is 25.2 Å². The Labute approximate surface area is 259 Å². The number of para-hydroxylation sites is 1. The molecule has 1 aliphatic rings. The molecule has 3 N–H and O–H groups in total. The van der Waals surface area contributed by atoms with E-state index in [9.17, 15) is 27.9 Å². The number of carbonyl (C=O) groups excluding carboxylic acids is 2. The third-order valence-corrected chi connectivity index (χ3v) is 7.80. The summed E-state index contributed by atoms with van der Waals surface area (Å²) in [6.07, 6.45) is -3.52. The first-order valence-electron chi connectivity index (χ1n) is 12.5. The molecule has 7 nitrogen and oxygen atoms in total. The van der Waals surface area contributed by atoms with Gasteiger partial charge in [-0.05, 0) is 59.7 Å². The number of rotatable bonds is 8. The molecule has 43 heavy (non-hydrogen) atoms. The van der Waals surface area contributed by atoms with Crippen LogP contribution < -0.4 is 15.4 Å². The number of anilines is 1. The molecule has 4 rings (SSSR count). The van der Waals surface area contributed by atoms with Gasteiger partial charge in [0.1, 0.15) is 6.04 Å². The maximum absolute atomic E-state index is 14.4. The topological polar surface area (TPSA) is 96.9 Å². The number of carbonyl (C=O) groups is 2. The Morgan fingerprint density at radius 2 is 1.58 bits per heavy atom. The van der Waals surface area contributed by atoms with Gasteiger partial charge in [0.05, 0.1) is 18.4 Å². The average Bonchev–Trinajstić information content (AvgIpc) is 2.98. The second-order valence-corrected chi connectivity index (χ2v) is 10.8. The Kier molecular flexibility index (Phi) is 9.48. The average molecular weight is 656 g/mol. The SMILES string of the molecule is COc1c(NC(=O)c2ccccc2)cccc1C(=O)NC1C(Cl)=CC(C(O)(c2ccc(Cl)cc2)C(F)(F)F)=CC1(Cl)OC. The van der Waals surface area contributed by atoms with Gasteiger partial charge in [-0.15, -0.1) is 0 Å². The highest BCUT2D eigenvalue weighted by Crippen LogP contribution is 2.49. The molecule has 13 heteroatoms. The number of hydrogen-bond donors (Lipinski definition) is 3. The quantitative estimate of drug-likeness (QED) is 0.232. The molecule has 1 aliphatic carbocycles. The van der Waals surface area contributed by atoms with Crippen molar-refractivity contribution in [2.75, 3.05) is 19.5 Å². The molecular weight excluding hydrogens is 632 g/mol. The summed E-state index contributed by atoms with van der Waals surface area (Å²) >= 11 is 18.9. The number of halogens is 6. The van der Waals surface area contributed by atoms with Gasteiger partial charge >= 0.3 is 6.18 Å². The summed E-state index contributed by atoms with van der Waals surface area (Å²) in [7, 11) is 2.40. The summed E-state index contributed by atoms with van der Waals surface area (Å²) in [5.74, 6) is -1.25. The maximum Gasteiger partial charge on any atom is 0.425 e. The van der Waals surface area contributed by atoms with Crippen molar-refractivity contribution < 1.29 is 37.3 Å². The smallest absolute Gasteiger partial charge is 0.425 e. The zero-order valence-corrected chi connectivity index (χ0v) is 24.8. The van der Waals surface area contributed by atoms with Crippen molar-refractivity contribution in [1.82, 2.24) is 5.32 Å². The Morgan fingerprint density at radius 3 is 2.16 bits per heavy atom. The van der Waals surface area contributed by atoms with Crippen LogP contribution in [0.25, 0.3) is 0 Å². The standard InChI is InChI=1S/C30H24Cl3F3N2O5/c1-42-24-21(9-6-10-23(24)37-26(39)17-7-4-3-5-8-17)27(40)38-25-22(32)15-19(16-28(25,33)43-2)29(41,30(34,35)36)18-11-13-20(31)14-12-18/h3-16,25,41H,1-2H3,(H,37,39)(H,38,40). The van der Waals surface area contributed by atoms with Gasteiger partial charge in [-0.1, -0.05) is 71.2 Å². The summed E-state index contributed by atoms with van der Waals surface area (Å²) in [5.41, 5.74) is -4.34. The number of methoxy groups -OCH3 is 2. The van der Waals surface area contributed by atoms with E-state index in [1.165, 1.54) is 37.4 Å². The van der Waals surface area contributed by atoms with Crippen molar-refractivity contribution in [3.8, 4) is 5.75 Å². The van der Waals surface area contributed by atoms with E-state index in [2.05, 4.69) is 10.6 Å². The van der Waals surface area contributed by atoms with Gasteiger partial charge in [-0.3, -0.25) is 9.59 Å². The van der Waals surface area contributed by atoms with Gasteiger partial charge in [-0.2, -0.15) is 13.2 Å². The summed E-state index contributed by atoms with van der Waals surface area (Å²) in [6, 6.07) is 15.8. The van der Waals surface area contributed by atoms with Crippen LogP contribution in [0.3, 0.4) is 0 Å². The molecule has 0 spiro atoms. The van der Waals surface area contributed by atoms with E-state index in [-0.39, 0.29) is 27.1 Å². The maximum atomic E-state index is 14.4. The summed E-state index contributed by atoms with van der Waals surface area (Å²) in [4.78, 5) is 26.2. The number of ether oxygens (including phenoxy) is 2. The minimum absolute atomic E-state index is 0.00296. The third-order valence-electron chi connectivity index (χ3n) is 6.74. The molecule has 0 heterocycles. The van der Waals surface area contributed by atoms with E-state index in [4.69, 9.17) is 44.3 Å². The Morgan fingerprint density at radius 1 is 0.930 bits per heavy atom. The van der Waals surface area contributed by atoms with E-state index in [1.807, 2.05) is 0 Å². The van der Waals surface area contributed by atoms with Gasteiger partial charge in [-0.25, -0.2) is 0 Å². The normalized spacial score (nSPS) is 19.9. The lowest BCUT2D eigenvalue weighted by molar-refractivity contribution is -0.249. The highest BCUT2D eigenvalue weighted by atomic mass is 35.5. The summed E-state index contributed by atoms with van der Waals surface area (Å²) < 4.78 is 54.0. The Balaban J connectivity index is 1.67. The summed E-state index contributed by atoms with van der Waals surface area (Å²) in [6.45, 7) is 0. The first-order chi connectivity index (χ1) is 20.2. The molecule has 0 fully saturated rings. The minimum Gasteiger partial charge on any atom is -0.494 e. The van der Waals surface area contributed by atoms with Crippen molar-refractivity contribution in [1.29, 1.82) is 0 Å². The lowest BCUT2D eigenvalue weighted by Gasteiger charge is -2.40. The molecule has 226 valence electrons. The number of alkyl halides is 4. The molecule has 3 atom stereocenters. The molecule has 2 amide bonds. The van der Waals surface area contributed by atoms with Crippen molar-refractivity contribution >= 4 is 52.3 Å². The molecule has 0 saturated carbocycles. The fraction of sp³-hybridized carbons (Fsp3) is 0.200. The van der Waals surface area contributed by atoms with Crippen LogP contribution in [0, 0.1) is 0 Å². The molecule has 0 saturated heterocycles. The first kappa shape index (κ1) is 32.4. The molecule has 3 aromatic carbocycles. The van der Waals surface area contributed by atoms with Crippen LogP contribution in [0.2, 0.25) is 5.02 Å². The largest absolute Gasteiger partial charge is 0.494 e. The van der Waals surface area contributed by atoms with E-state index >= 15 is 0 Å². The van der Waals surface area contributed by atoms with Crippen LogP contribution in [0.5, 0.6) is 5.75 Å². The van der Waals surface area contributed by atoms with Crippen molar-refractivity contribution in [3.63, 3.8) is 0 Å². The monoisotopic (exact) mass is 654 g/mol. The zero-order valence-electron chi connectivity index (χ0n) is 22.5. The zero-order chi connectivity index (χ0) is 31.6. The second kappa shape index (κ2) is 12.6. The van der Waals surface area contributed by atoms with Crippen LogP contribution in [-0.2, 0) is 10.3 Å². The fourth-order valence-electron chi connectivity index (χ4n) is 4.52. The molecule has 0 aliphatic heterocycles. The number of benzene rings is 3. The molecule has 0 radical (unpaired) electrons. The Bertz CT molecular complexity index is 1580. The lowest BCUT2D eigenvalue weighted by Crippen LogP contribution is -2.53. The van der Waals surface area contributed by atoms with Crippen molar-refractivity contribution in [3.05, 3.63) is 117 Å². The Hall–Kier alpha value is -3.54. The lowest BCUT2D eigenvalue weighted by atomic mass is 9.81. The third kappa shape index (κ3) is 6.39. The van der Waals surface area contributed by atoms with Crippen LogP contribution in [0.1, 0.15) is 26.3 Å². The van der Waals surface area contributed by atoms with Crippen LogP contribution in [0.4, 0.5) is 18.9 Å². The van der Waals surface area contributed by atoms with Crippen molar-refractivity contribution in [2.45, 2.75) is 22.9 Å². The molecule has 3 aromatic rings. The van der Waals surface area contributed by atoms with Crippen LogP contribution >= 0.6 is 34.8 Å². The number of nitrogens with one attached hydrogen (secondary N) is 2. The van der Waals surface area contributed by atoms with E-state index in [1.54, 1.807) is 30.3 Å². The fourth-order valence-corrected chi connectivity index (χ4v) is 5.33. The highest BCUT2D eigenvalue weighted by molar-refractivity contribution is 6.33. The molecule has 0 bridgehead atoms. The molecular formula is C30H24Cl3F3N2O5. The first-order valence-corrected chi connectivity index (χ1v) is 13.6. The number of amides is 2. The predicted molar refractivity (Wildman–Crippen MR) is 158 cm³/mol. The van der Waals surface area contributed by atoms with Gasteiger partial charge in [0, 0.05) is 22.7 Å².